The van der Waals surface area contributed by atoms with Gasteiger partial charge in [-0.3, -0.25) is 14.9 Å². The number of halogens is 1. The molecule has 0 heterocycles. The molecule has 1 amide bonds. The fourth-order valence-electron chi connectivity index (χ4n) is 1.67. The fourth-order valence-corrected chi connectivity index (χ4v) is 1.67. The molecule has 6 nitrogen and oxygen atoms in total. The first-order valence-electron chi connectivity index (χ1n) is 6.09. The highest BCUT2D eigenvalue weighted by atomic mass is 19.1. The molecular formula is C14H12FN3O3. The van der Waals surface area contributed by atoms with E-state index in [1.807, 2.05) is 18.2 Å². The number of benzene rings is 2. The molecule has 0 saturated carbocycles. The molecule has 7 heteroatoms. The minimum atomic E-state index is -0.944. The third kappa shape index (κ3) is 4.00. The number of anilines is 2. The maximum Gasteiger partial charge on any atom is 0.306 e. The first kappa shape index (κ1) is 14.4. The Morgan fingerprint density at radius 3 is 2.52 bits per heavy atom. The van der Waals surface area contributed by atoms with Gasteiger partial charge in [-0.1, -0.05) is 18.2 Å². The molecule has 0 aliphatic heterocycles. The smallest absolute Gasteiger partial charge is 0.306 e. The summed E-state index contributed by atoms with van der Waals surface area (Å²) in [6.07, 6.45) is 0. The van der Waals surface area contributed by atoms with E-state index in [1.54, 1.807) is 12.1 Å². The SMILES string of the molecule is O=C(CNc1ccccc1)Nc1ccc(F)c([N+](=O)[O-])c1. The first-order valence-corrected chi connectivity index (χ1v) is 6.09. The van der Waals surface area contributed by atoms with Crippen molar-refractivity contribution < 1.29 is 14.1 Å². The predicted molar refractivity (Wildman–Crippen MR) is 76.6 cm³/mol. The standard InChI is InChI=1S/C14H12FN3O3/c15-12-7-6-11(8-13(12)18(20)21)17-14(19)9-16-10-4-2-1-3-5-10/h1-8,16H,9H2,(H,17,19). The zero-order chi connectivity index (χ0) is 15.2. The second-order valence-electron chi connectivity index (χ2n) is 4.19. The number of nitrogens with zero attached hydrogens (tertiary/aromatic N) is 1. The molecule has 0 unspecified atom stereocenters. The molecule has 108 valence electrons. The van der Waals surface area contributed by atoms with Crippen molar-refractivity contribution in [2.45, 2.75) is 0 Å². The van der Waals surface area contributed by atoms with Crippen molar-refractivity contribution in [3.8, 4) is 0 Å². The molecule has 0 bridgehead atoms. The number of carbonyl (C=O) groups is 1. The molecule has 0 saturated heterocycles. The lowest BCUT2D eigenvalue weighted by molar-refractivity contribution is -0.387. The van der Waals surface area contributed by atoms with Crippen LogP contribution in [0.25, 0.3) is 0 Å². The van der Waals surface area contributed by atoms with E-state index in [1.165, 1.54) is 6.07 Å². The van der Waals surface area contributed by atoms with Gasteiger partial charge in [-0.15, -0.1) is 0 Å². The van der Waals surface area contributed by atoms with Crippen LogP contribution in [0.1, 0.15) is 0 Å². The second kappa shape index (κ2) is 6.47. The van der Waals surface area contributed by atoms with Gasteiger partial charge in [0.05, 0.1) is 11.5 Å². The second-order valence-corrected chi connectivity index (χ2v) is 4.19. The number of hydrogen-bond acceptors (Lipinski definition) is 4. The van der Waals surface area contributed by atoms with Crippen LogP contribution in [0.3, 0.4) is 0 Å². The zero-order valence-corrected chi connectivity index (χ0v) is 10.9. The minimum absolute atomic E-state index is 0.00477. The highest BCUT2D eigenvalue weighted by molar-refractivity contribution is 5.94. The largest absolute Gasteiger partial charge is 0.376 e. The van der Waals surface area contributed by atoms with E-state index in [0.29, 0.717) is 0 Å². The lowest BCUT2D eigenvalue weighted by Gasteiger charge is -2.07. The molecule has 2 N–H and O–H groups in total. The Bertz CT molecular complexity index is 662. The van der Waals surface area contributed by atoms with Crippen molar-refractivity contribution in [2.75, 3.05) is 17.2 Å². The van der Waals surface area contributed by atoms with Crippen molar-refractivity contribution in [3.63, 3.8) is 0 Å². The summed E-state index contributed by atoms with van der Waals surface area (Å²) in [6, 6.07) is 12.3. The summed E-state index contributed by atoms with van der Waals surface area (Å²) in [4.78, 5) is 21.5. The van der Waals surface area contributed by atoms with E-state index in [-0.39, 0.29) is 18.1 Å². The first-order chi connectivity index (χ1) is 10.1. The summed E-state index contributed by atoms with van der Waals surface area (Å²) in [5.41, 5.74) is 0.268. The quantitative estimate of drug-likeness (QED) is 0.654. The number of carbonyl (C=O) groups excluding carboxylic acids is 1. The molecule has 0 atom stereocenters. The van der Waals surface area contributed by atoms with Gasteiger partial charge in [-0.25, -0.2) is 0 Å². The topological polar surface area (TPSA) is 84.3 Å². The Morgan fingerprint density at radius 2 is 1.86 bits per heavy atom. The number of rotatable bonds is 5. The van der Waals surface area contributed by atoms with E-state index >= 15 is 0 Å². The van der Waals surface area contributed by atoms with Gasteiger partial charge in [0, 0.05) is 17.4 Å². The van der Waals surface area contributed by atoms with Crippen molar-refractivity contribution in [1.82, 2.24) is 0 Å². The Labute approximate surface area is 119 Å². The van der Waals surface area contributed by atoms with Crippen molar-refractivity contribution >= 4 is 23.0 Å². The molecule has 0 radical (unpaired) electrons. The molecule has 0 spiro atoms. The van der Waals surface area contributed by atoms with E-state index in [0.717, 1.165) is 17.8 Å². The van der Waals surface area contributed by atoms with Gasteiger partial charge >= 0.3 is 5.69 Å². The van der Waals surface area contributed by atoms with Crippen LogP contribution in [-0.2, 0) is 4.79 Å². The number of nitrogens with one attached hydrogen (secondary N) is 2. The number of para-hydroxylation sites is 1. The molecule has 2 aromatic rings. The monoisotopic (exact) mass is 289 g/mol. The predicted octanol–water partition coefficient (Wildman–Crippen LogP) is 2.78. The van der Waals surface area contributed by atoms with E-state index in [9.17, 15) is 19.3 Å². The molecule has 0 aliphatic carbocycles. The summed E-state index contributed by atoms with van der Waals surface area (Å²) in [6.45, 7) is -0.00477. The van der Waals surface area contributed by atoms with Crippen LogP contribution in [0.2, 0.25) is 0 Å². The number of amides is 1. The van der Waals surface area contributed by atoms with Gasteiger partial charge in [0.25, 0.3) is 0 Å². The maximum absolute atomic E-state index is 13.2. The van der Waals surface area contributed by atoms with Crippen LogP contribution >= 0.6 is 0 Å². The van der Waals surface area contributed by atoms with E-state index in [4.69, 9.17) is 0 Å². The molecule has 0 aliphatic rings. The minimum Gasteiger partial charge on any atom is -0.376 e. The normalized spacial score (nSPS) is 9.95. The zero-order valence-electron chi connectivity index (χ0n) is 10.9. The average molecular weight is 289 g/mol. The van der Waals surface area contributed by atoms with Gasteiger partial charge in [0.2, 0.25) is 11.7 Å². The summed E-state index contributed by atoms with van der Waals surface area (Å²) < 4.78 is 13.2. The van der Waals surface area contributed by atoms with Crippen LogP contribution in [-0.4, -0.2) is 17.4 Å². The summed E-state index contributed by atoms with van der Waals surface area (Å²) >= 11 is 0. The van der Waals surface area contributed by atoms with Crippen LogP contribution in [0.5, 0.6) is 0 Å². The van der Waals surface area contributed by atoms with Gasteiger partial charge in [-0.05, 0) is 24.3 Å². The Hall–Kier alpha value is -2.96. The Morgan fingerprint density at radius 1 is 1.14 bits per heavy atom. The summed E-state index contributed by atoms with van der Waals surface area (Å²) in [7, 11) is 0. The van der Waals surface area contributed by atoms with Crippen LogP contribution < -0.4 is 10.6 Å². The van der Waals surface area contributed by atoms with E-state index in [2.05, 4.69) is 10.6 Å². The lowest BCUT2D eigenvalue weighted by Crippen LogP contribution is -2.21. The van der Waals surface area contributed by atoms with E-state index < -0.39 is 16.4 Å². The number of nitro benzene ring substituents is 1. The van der Waals surface area contributed by atoms with Crippen LogP contribution in [0, 0.1) is 15.9 Å². The Balaban J connectivity index is 1.97. The van der Waals surface area contributed by atoms with Crippen molar-refractivity contribution in [3.05, 3.63) is 64.5 Å². The molecule has 2 rings (SSSR count). The number of hydrogen-bond donors (Lipinski definition) is 2. The molecule has 0 aromatic heterocycles. The van der Waals surface area contributed by atoms with Gasteiger partial charge in [0.15, 0.2) is 0 Å². The van der Waals surface area contributed by atoms with Crippen molar-refractivity contribution in [1.29, 1.82) is 0 Å². The summed E-state index contributed by atoms with van der Waals surface area (Å²) in [5.74, 6) is -1.33. The Kier molecular flexibility index (Phi) is 4.45. The van der Waals surface area contributed by atoms with Gasteiger partial charge < -0.3 is 10.6 Å². The third-order valence-electron chi connectivity index (χ3n) is 2.65. The molecule has 0 fully saturated rings. The van der Waals surface area contributed by atoms with Gasteiger partial charge in [0.1, 0.15) is 0 Å². The fraction of sp³-hybridized carbons (Fsp3) is 0.0714. The highest BCUT2D eigenvalue weighted by Gasteiger charge is 2.15. The molecule has 21 heavy (non-hydrogen) atoms. The average Bonchev–Trinajstić information content (AvgIpc) is 2.48. The van der Waals surface area contributed by atoms with Gasteiger partial charge in [-0.2, -0.15) is 4.39 Å². The number of nitro groups is 1. The lowest BCUT2D eigenvalue weighted by atomic mass is 10.2. The molecular weight excluding hydrogens is 277 g/mol. The third-order valence-corrected chi connectivity index (χ3v) is 2.65. The van der Waals surface area contributed by atoms with Crippen LogP contribution in [0.4, 0.5) is 21.5 Å². The highest BCUT2D eigenvalue weighted by Crippen LogP contribution is 2.21. The maximum atomic E-state index is 13.2. The summed E-state index contributed by atoms with van der Waals surface area (Å²) in [5, 5.41) is 16.0. The van der Waals surface area contributed by atoms with Crippen LogP contribution in [0.15, 0.2) is 48.5 Å². The van der Waals surface area contributed by atoms with Crippen molar-refractivity contribution in [2.24, 2.45) is 0 Å². The molecule has 2 aromatic carbocycles.